The van der Waals surface area contributed by atoms with Gasteiger partial charge in [0.1, 0.15) is 12.4 Å². The second kappa shape index (κ2) is 7.65. The van der Waals surface area contributed by atoms with Gasteiger partial charge in [-0.2, -0.15) is 0 Å². The van der Waals surface area contributed by atoms with Crippen LogP contribution in [0.25, 0.3) is 0 Å². The fourth-order valence-electron chi connectivity index (χ4n) is 3.02. The summed E-state index contributed by atoms with van der Waals surface area (Å²) in [5.74, 6) is 1.85. The third kappa shape index (κ3) is 4.22. The molecule has 1 fully saturated rings. The number of para-hydroxylation sites is 1. The van der Waals surface area contributed by atoms with Crippen LogP contribution in [0.4, 0.5) is 0 Å². The van der Waals surface area contributed by atoms with E-state index in [9.17, 15) is 0 Å². The van der Waals surface area contributed by atoms with Gasteiger partial charge >= 0.3 is 0 Å². The SMILES string of the molecule is CCNCc1ccccc1OCCN1CC(C)CC1C. The minimum absolute atomic E-state index is 0.700. The first-order chi connectivity index (χ1) is 9.70. The highest BCUT2D eigenvalue weighted by Gasteiger charge is 2.25. The third-order valence-electron chi connectivity index (χ3n) is 4.09. The first-order valence-electron chi connectivity index (χ1n) is 7.86. The number of rotatable bonds is 7. The molecule has 1 aliphatic rings. The molecule has 1 aromatic carbocycles. The first kappa shape index (κ1) is 15.3. The van der Waals surface area contributed by atoms with Gasteiger partial charge in [0.05, 0.1) is 0 Å². The molecule has 20 heavy (non-hydrogen) atoms. The lowest BCUT2D eigenvalue weighted by Crippen LogP contribution is -2.31. The summed E-state index contributed by atoms with van der Waals surface area (Å²) < 4.78 is 6.00. The summed E-state index contributed by atoms with van der Waals surface area (Å²) in [5, 5.41) is 3.36. The van der Waals surface area contributed by atoms with Gasteiger partial charge in [0.15, 0.2) is 0 Å². The quantitative estimate of drug-likeness (QED) is 0.829. The lowest BCUT2D eigenvalue weighted by molar-refractivity contribution is 0.201. The molecule has 0 aromatic heterocycles. The van der Waals surface area contributed by atoms with Crippen molar-refractivity contribution in [2.75, 3.05) is 26.2 Å². The lowest BCUT2D eigenvalue weighted by Gasteiger charge is -2.21. The third-order valence-corrected chi connectivity index (χ3v) is 4.09. The van der Waals surface area contributed by atoms with Gasteiger partial charge in [0.25, 0.3) is 0 Å². The zero-order valence-electron chi connectivity index (χ0n) is 13.1. The van der Waals surface area contributed by atoms with E-state index in [-0.39, 0.29) is 0 Å². The van der Waals surface area contributed by atoms with E-state index in [0.717, 1.165) is 37.9 Å². The standard InChI is InChI=1S/C17H28N2O/c1-4-18-12-16-7-5-6-8-17(16)20-10-9-19-13-14(2)11-15(19)3/h5-8,14-15,18H,4,9-13H2,1-3H3. The predicted octanol–water partition coefficient (Wildman–Crippen LogP) is 2.91. The van der Waals surface area contributed by atoms with Crippen LogP contribution in [0.15, 0.2) is 24.3 Å². The molecule has 0 bridgehead atoms. The molecule has 2 unspecified atom stereocenters. The topological polar surface area (TPSA) is 24.5 Å². The summed E-state index contributed by atoms with van der Waals surface area (Å²) in [4.78, 5) is 2.54. The minimum atomic E-state index is 0.700. The van der Waals surface area contributed by atoms with Gasteiger partial charge in [-0.1, -0.05) is 32.0 Å². The summed E-state index contributed by atoms with van der Waals surface area (Å²) in [7, 11) is 0. The highest BCUT2D eigenvalue weighted by molar-refractivity contribution is 5.33. The van der Waals surface area contributed by atoms with Crippen molar-refractivity contribution in [3.8, 4) is 5.75 Å². The number of hydrogen-bond donors (Lipinski definition) is 1. The fourth-order valence-corrected chi connectivity index (χ4v) is 3.02. The van der Waals surface area contributed by atoms with Crippen molar-refractivity contribution in [1.82, 2.24) is 10.2 Å². The monoisotopic (exact) mass is 276 g/mol. The minimum Gasteiger partial charge on any atom is -0.492 e. The maximum absolute atomic E-state index is 6.00. The number of ether oxygens (including phenoxy) is 1. The van der Waals surface area contributed by atoms with Gasteiger partial charge in [-0.05, 0) is 31.9 Å². The van der Waals surface area contributed by atoms with Gasteiger partial charge in [0.2, 0.25) is 0 Å². The molecule has 1 aromatic rings. The molecule has 0 spiro atoms. The summed E-state index contributed by atoms with van der Waals surface area (Å²) in [5.41, 5.74) is 1.25. The van der Waals surface area contributed by atoms with Crippen molar-refractivity contribution in [1.29, 1.82) is 0 Å². The number of nitrogens with one attached hydrogen (secondary N) is 1. The summed E-state index contributed by atoms with van der Waals surface area (Å²) >= 11 is 0. The Morgan fingerprint density at radius 2 is 2.10 bits per heavy atom. The summed E-state index contributed by atoms with van der Waals surface area (Å²) in [6, 6.07) is 9.03. The van der Waals surface area contributed by atoms with Crippen LogP contribution in [-0.2, 0) is 6.54 Å². The fraction of sp³-hybridized carbons (Fsp3) is 0.647. The molecule has 1 aliphatic heterocycles. The van der Waals surface area contributed by atoms with Crippen molar-refractivity contribution in [2.45, 2.75) is 39.8 Å². The van der Waals surface area contributed by atoms with Crippen LogP contribution in [0.5, 0.6) is 5.75 Å². The summed E-state index contributed by atoms with van der Waals surface area (Å²) in [6.07, 6.45) is 1.32. The summed E-state index contributed by atoms with van der Waals surface area (Å²) in [6.45, 7) is 11.7. The van der Waals surface area contributed by atoms with Gasteiger partial charge in [-0.15, -0.1) is 0 Å². The Labute approximate surface area is 123 Å². The second-order valence-corrected chi connectivity index (χ2v) is 5.92. The van der Waals surface area contributed by atoms with Crippen LogP contribution < -0.4 is 10.1 Å². The maximum atomic E-state index is 6.00. The molecule has 3 nitrogen and oxygen atoms in total. The van der Waals surface area contributed by atoms with Crippen LogP contribution in [0, 0.1) is 5.92 Å². The molecule has 112 valence electrons. The number of benzene rings is 1. The molecular formula is C17H28N2O. The molecule has 0 aliphatic carbocycles. The van der Waals surface area contributed by atoms with Crippen molar-refractivity contribution in [3.63, 3.8) is 0 Å². The predicted molar refractivity (Wildman–Crippen MR) is 84.1 cm³/mol. The Morgan fingerprint density at radius 3 is 2.80 bits per heavy atom. The van der Waals surface area contributed by atoms with E-state index in [2.05, 4.69) is 49.2 Å². The van der Waals surface area contributed by atoms with Crippen LogP contribution in [0.3, 0.4) is 0 Å². The van der Waals surface area contributed by atoms with Gasteiger partial charge in [-0.25, -0.2) is 0 Å². The molecule has 2 atom stereocenters. The van der Waals surface area contributed by atoms with Gasteiger partial charge in [0, 0.05) is 31.2 Å². The molecule has 0 radical (unpaired) electrons. The highest BCUT2D eigenvalue weighted by Crippen LogP contribution is 2.22. The van der Waals surface area contributed by atoms with Gasteiger partial charge < -0.3 is 10.1 Å². The van der Waals surface area contributed by atoms with E-state index in [1.807, 2.05) is 6.07 Å². The largest absolute Gasteiger partial charge is 0.492 e. The Hall–Kier alpha value is -1.06. The van der Waals surface area contributed by atoms with Crippen LogP contribution in [0.1, 0.15) is 32.8 Å². The van der Waals surface area contributed by atoms with E-state index < -0.39 is 0 Å². The molecule has 1 saturated heterocycles. The Kier molecular flexibility index (Phi) is 5.86. The Bertz CT molecular complexity index is 408. The molecule has 3 heteroatoms. The highest BCUT2D eigenvalue weighted by atomic mass is 16.5. The average molecular weight is 276 g/mol. The van der Waals surface area contributed by atoms with E-state index in [1.54, 1.807) is 0 Å². The molecule has 1 N–H and O–H groups in total. The molecule has 2 rings (SSSR count). The Morgan fingerprint density at radius 1 is 1.30 bits per heavy atom. The van der Waals surface area contributed by atoms with Crippen molar-refractivity contribution < 1.29 is 4.74 Å². The van der Waals surface area contributed by atoms with E-state index in [4.69, 9.17) is 4.74 Å². The van der Waals surface area contributed by atoms with Crippen LogP contribution >= 0.6 is 0 Å². The van der Waals surface area contributed by atoms with Crippen LogP contribution in [0.2, 0.25) is 0 Å². The molecular weight excluding hydrogens is 248 g/mol. The van der Waals surface area contributed by atoms with E-state index in [0.29, 0.717) is 6.04 Å². The smallest absolute Gasteiger partial charge is 0.123 e. The molecule has 0 saturated carbocycles. The normalized spacial score (nSPS) is 23.1. The number of likely N-dealkylation sites (tertiary alicyclic amines) is 1. The second-order valence-electron chi connectivity index (χ2n) is 5.92. The van der Waals surface area contributed by atoms with E-state index in [1.165, 1.54) is 18.5 Å². The van der Waals surface area contributed by atoms with Crippen molar-refractivity contribution in [3.05, 3.63) is 29.8 Å². The lowest BCUT2D eigenvalue weighted by atomic mass is 10.1. The maximum Gasteiger partial charge on any atom is 0.123 e. The zero-order chi connectivity index (χ0) is 14.4. The Balaban J connectivity index is 1.81. The molecule has 1 heterocycles. The van der Waals surface area contributed by atoms with Crippen molar-refractivity contribution >= 4 is 0 Å². The average Bonchev–Trinajstić information content (AvgIpc) is 2.76. The zero-order valence-corrected chi connectivity index (χ0v) is 13.1. The van der Waals surface area contributed by atoms with Gasteiger partial charge in [-0.3, -0.25) is 4.90 Å². The molecule has 0 amide bonds. The number of hydrogen-bond acceptors (Lipinski definition) is 3. The first-order valence-corrected chi connectivity index (χ1v) is 7.86. The van der Waals surface area contributed by atoms with Crippen LogP contribution in [-0.4, -0.2) is 37.2 Å². The number of nitrogens with zero attached hydrogens (tertiary/aromatic N) is 1. The van der Waals surface area contributed by atoms with Crippen molar-refractivity contribution in [2.24, 2.45) is 5.92 Å². The van der Waals surface area contributed by atoms with E-state index >= 15 is 0 Å².